The van der Waals surface area contributed by atoms with Crippen molar-refractivity contribution in [2.45, 2.75) is 0 Å². The summed E-state index contributed by atoms with van der Waals surface area (Å²) in [5, 5.41) is 1.25. The molecular weight excluding hydrogens is 207 g/mol. The van der Waals surface area contributed by atoms with Gasteiger partial charge in [-0.05, 0) is 18.2 Å². The highest BCUT2D eigenvalue weighted by atomic mass is 35.5. The molecule has 0 amide bonds. The summed E-state index contributed by atoms with van der Waals surface area (Å²) in [7, 11) is 0. The molecule has 66 valence electrons. The molecule has 1 heterocycles. The molecule has 2 aromatic rings. The standard InChI is InChI=1S/C9H6Cl2N2/c10-7-1-2-9(8(11)5-7)13-4-3-12-6-13/h1-6H. The molecule has 0 unspecified atom stereocenters. The number of nitrogens with zero attached hydrogens (tertiary/aromatic N) is 2. The van der Waals surface area contributed by atoms with Crippen LogP contribution in [-0.2, 0) is 0 Å². The Kier molecular flexibility index (Phi) is 2.25. The lowest BCUT2D eigenvalue weighted by Gasteiger charge is -2.04. The molecule has 0 aliphatic rings. The van der Waals surface area contributed by atoms with E-state index in [9.17, 15) is 0 Å². The van der Waals surface area contributed by atoms with Gasteiger partial charge < -0.3 is 4.57 Å². The molecule has 0 aliphatic carbocycles. The Bertz CT molecular complexity index is 410. The molecule has 1 aromatic heterocycles. The Balaban J connectivity index is 2.53. The molecule has 0 atom stereocenters. The average molecular weight is 213 g/mol. The zero-order valence-electron chi connectivity index (χ0n) is 6.61. The van der Waals surface area contributed by atoms with E-state index in [1.54, 1.807) is 24.7 Å². The molecule has 1 aromatic carbocycles. The van der Waals surface area contributed by atoms with E-state index < -0.39 is 0 Å². The predicted molar refractivity (Wildman–Crippen MR) is 53.6 cm³/mol. The van der Waals surface area contributed by atoms with Crippen LogP contribution in [0.4, 0.5) is 0 Å². The smallest absolute Gasteiger partial charge is 0.0992 e. The van der Waals surface area contributed by atoms with Gasteiger partial charge in [-0.15, -0.1) is 0 Å². The molecule has 0 saturated heterocycles. The third-order valence-corrected chi connectivity index (χ3v) is 2.23. The zero-order valence-corrected chi connectivity index (χ0v) is 8.13. The lowest BCUT2D eigenvalue weighted by molar-refractivity contribution is 1.06. The average Bonchev–Trinajstić information content (AvgIpc) is 2.56. The summed E-state index contributed by atoms with van der Waals surface area (Å²) in [6.45, 7) is 0. The molecule has 2 rings (SSSR count). The number of benzene rings is 1. The second-order valence-corrected chi connectivity index (χ2v) is 3.41. The van der Waals surface area contributed by atoms with Crippen molar-refractivity contribution in [3.63, 3.8) is 0 Å². The topological polar surface area (TPSA) is 17.8 Å². The van der Waals surface area contributed by atoms with Crippen molar-refractivity contribution in [2.24, 2.45) is 0 Å². The predicted octanol–water partition coefficient (Wildman–Crippen LogP) is 3.18. The van der Waals surface area contributed by atoms with Gasteiger partial charge in [-0.2, -0.15) is 0 Å². The summed E-state index contributed by atoms with van der Waals surface area (Å²) in [4.78, 5) is 3.93. The molecular formula is C9H6Cl2N2. The summed E-state index contributed by atoms with van der Waals surface area (Å²) in [6, 6.07) is 5.35. The monoisotopic (exact) mass is 212 g/mol. The number of imidazole rings is 1. The number of rotatable bonds is 1. The zero-order chi connectivity index (χ0) is 9.26. The fourth-order valence-electron chi connectivity index (χ4n) is 1.09. The van der Waals surface area contributed by atoms with E-state index >= 15 is 0 Å². The third-order valence-electron chi connectivity index (χ3n) is 1.69. The normalized spacial score (nSPS) is 10.3. The van der Waals surface area contributed by atoms with Gasteiger partial charge in [0.15, 0.2) is 0 Å². The van der Waals surface area contributed by atoms with E-state index in [1.807, 2.05) is 16.8 Å². The first-order chi connectivity index (χ1) is 6.27. The fourth-order valence-corrected chi connectivity index (χ4v) is 1.60. The van der Waals surface area contributed by atoms with Crippen LogP contribution in [0, 0.1) is 0 Å². The van der Waals surface area contributed by atoms with Crippen LogP contribution in [0.5, 0.6) is 0 Å². The van der Waals surface area contributed by atoms with Gasteiger partial charge >= 0.3 is 0 Å². The van der Waals surface area contributed by atoms with E-state index in [0.717, 1.165) is 5.69 Å². The van der Waals surface area contributed by atoms with Crippen molar-refractivity contribution in [1.82, 2.24) is 9.55 Å². The largest absolute Gasteiger partial charge is 0.305 e. The van der Waals surface area contributed by atoms with E-state index in [-0.39, 0.29) is 0 Å². The number of hydrogen-bond acceptors (Lipinski definition) is 1. The van der Waals surface area contributed by atoms with Crippen LogP contribution < -0.4 is 0 Å². The van der Waals surface area contributed by atoms with Crippen molar-refractivity contribution < 1.29 is 0 Å². The molecule has 0 fully saturated rings. The number of halogens is 2. The summed E-state index contributed by atoms with van der Waals surface area (Å²) in [6.07, 6.45) is 5.22. The van der Waals surface area contributed by atoms with Crippen LogP contribution >= 0.6 is 23.2 Å². The molecule has 0 aliphatic heterocycles. The van der Waals surface area contributed by atoms with E-state index in [1.165, 1.54) is 0 Å². The summed E-state index contributed by atoms with van der Waals surface area (Å²) < 4.78 is 1.83. The van der Waals surface area contributed by atoms with Crippen molar-refractivity contribution >= 4 is 23.2 Å². The highest BCUT2D eigenvalue weighted by Crippen LogP contribution is 2.23. The van der Waals surface area contributed by atoms with Crippen LogP contribution in [0.25, 0.3) is 5.69 Å². The van der Waals surface area contributed by atoms with Gasteiger partial charge in [-0.25, -0.2) is 4.98 Å². The van der Waals surface area contributed by atoms with Crippen LogP contribution in [0.1, 0.15) is 0 Å². The van der Waals surface area contributed by atoms with Crippen molar-refractivity contribution in [2.75, 3.05) is 0 Å². The Labute approximate surface area is 85.7 Å². The minimum atomic E-state index is 0.616. The molecule has 13 heavy (non-hydrogen) atoms. The maximum atomic E-state index is 5.99. The third kappa shape index (κ3) is 1.69. The Morgan fingerprint density at radius 1 is 1.23 bits per heavy atom. The van der Waals surface area contributed by atoms with Gasteiger partial charge in [0.25, 0.3) is 0 Å². The van der Waals surface area contributed by atoms with E-state index in [4.69, 9.17) is 23.2 Å². The first-order valence-corrected chi connectivity index (χ1v) is 4.46. The van der Waals surface area contributed by atoms with Crippen molar-refractivity contribution in [3.8, 4) is 5.69 Å². The minimum Gasteiger partial charge on any atom is -0.305 e. The van der Waals surface area contributed by atoms with Gasteiger partial charge in [-0.1, -0.05) is 23.2 Å². The maximum Gasteiger partial charge on any atom is 0.0992 e. The molecule has 0 N–H and O–H groups in total. The highest BCUT2D eigenvalue weighted by Gasteiger charge is 2.01. The van der Waals surface area contributed by atoms with Crippen LogP contribution in [0.3, 0.4) is 0 Å². The van der Waals surface area contributed by atoms with Gasteiger partial charge in [0.2, 0.25) is 0 Å². The van der Waals surface area contributed by atoms with E-state index in [2.05, 4.69) is 4.98 Å². The Morgan fingerprint density at radius 2 is 2.08 bits per heavy atom. The lowest BCUT2D eigenvalue weighted by Crippen LogP contribution is -1.90. The number of hydrogen-bond donors (Lipinski definition) is 0. The molecule has 4 heteroatoms. The minimum absolute atomic E-state index is 0.616. The van der Waals surface area contributed by atoms with Crippen LogP contribution in [0.2, 0.25) is 10.0 Å². The molecule has 0 saturated carbocycles. The molecule has 0 bridgehead atoms. The number of aromatic nitrogens is 2. The Morgan fingerprint density at radius 3 is 2.69 bits per heavy atom. The second-order valence-electron chi connectivity index (χ2n) is 2.57. The van der Waals surface area contributed by atoms with Gasteiger partial charge in [-0.3, -0.25) is 0 Å². The second kappa shape index (κ2) is 3.40. The fraction of sp³-hybridized carbons (Fsp3) is 0. The lowest BCUT2D eigenvalue weighted by atomic mass is 10.3. The SMILES string of the molecule is Clc1ccc(-n2ccnc2)c(Cl)c1. The van der Waals surface area contributed by atoms with Crippen LogP contribution in [-0.4, -0.2) is 9.55 Å². The summed E-state index contributed by atoms with van der Waals surface area (Å²) in [5.41, 5.74) is 0.878. The van der Waals surface area contributed by atoms with Crippen molar-refractivity contribution in [1.29, 1.82) is 0 Å². The maximum absolute atomic E-state index is 5.99. The van der Waals surface area contributed by atoms with Gasteiger partial charge in [0.05, 0.1) is 17.0 Å². The first kappa shape index (κ1) is 8.60. The first-order valence-electron chi connectivity index (χ1n) is 3.71. The van der Waals surface area contributed by atoms with Gasteiger partial charge in [0, 0.05) is 17.4 Å². The summed E-state index contributed by atoms with van der Waals surface area (Å²) >= 11 is 11.8. The quantitative estimate of drug-likeness (QED) is 0.711. The summed E-state index contributed by atoms with van der Waals surface area (Å²) in [5.74, 6) is 0. The Hall–Kier alpha value is -0.990. The molecule has 0 radical (unpaired) electrons. The molecule has 0 spiro atoms. The van der Waals surface area contributed by atoms with Gasteiger partial charge in [0.1, 0.15) is 0 Å². The van der Waals surface area contributed by atoms with Crippen molar-refractivity contribution in [3.05, 3.63) is 47.0 Å². The van der Waals surface area contributed by atoms with E-state index in [0.29, 0.717) is 10.0 Å². The molecule has 2 nitrogen and oxygen atoms in total. The highest BCUT2D eigenvalue weighted by molar-refractivity contribution is 6.35. The van der Waals surface area contributed by atoms with Crippen LogP contribution in [0.15, 0.2) is 36.9 Å².